The van der Waals surface area contributed by atoms with Crippen LogP contribution < -0.4 is 9.62 Å². The predicted molar refractivity (Wildman–Crippen MR) is 115 cm³/mol. The summed E-state index contributed by atoms with van der Waals surface area (Å²) < 4.78 is 27.3. The standard InChI is InChI=1S/C20H20N4O3S2/c1-28-20-21-14-18(24(20)17-6-3-2-4-7-17)19(25)22-15-8-10-16(11-9-15)23-12-5-13-29(23,26)27/h2-4,6-11,14H,5,12-13H2,1H3,(H,22,25). The van der Waals surface area contributed by atoms with Crippen LogP contribution in [0.2, 0.25) is 0 Å². The molecule has 1 fully saturated rings. The van der Waals surface area contributed by atoms with Gasteiger partial charge in [0.05, 0.1) is 17.6 Å². The Balaban J connectivity index is 1.57. The van der Waals surface area contributed by atoms with Crippen LogP contribution in [0.4, 0.5) is 11.4 Å². The first kappa shape index (κ1) is 19.5. The molecule has 29 heavy (non-hydrogen) atoms. The SMILES string of the molecule is CSc1ncc(C(=O)Nc2ccc(N3CCCS3(=O)=O)cc2)n1-c1ccccc1. The fourth-order valence-corrected chi connectivity index (χ4v) is 5.41. The third-order valence-corrected chi connectivity index (χ3v) is 7.19. The number of hydrogen-bond acceptors (Lipinski definition) is 5. The van der Waals surface area contributed by atoms with Crippen molar-refractivity contribution in [3.05, 3.63) is 66.5 Å². The Hall–Kier alpha value is -2.78. The molecule has 3 aromatic rings. The van der Waals surface area contributed by atoms with Gasteiger partial charge in [-0.25, -0.2) is 13.4 Å². The monoisotopic (exact) mass is 428 g/mol. The summed E-state index contributed by atoms with van der Waals surface area (Å²) in [5.74, 6) is -0.115. The van der Waals surface area contributed by atoms with Crippen LogP contribution in [0.15, 0.2) is 66.0 Å². The number of thioether (sulfide) groups is 1. The average Bonchev–Trinajstić information content (AvgIpc) is 3.32. The lowest BCUT2D eigenvalue weighted by Crippen LogP contribution is -2.25. The second kappa shape index (κ2) is 7.92. The van der Waals surface area contributed by atoms with Crippen molar-refractivity contribution in [3.8, 4) is 5.69 Å². The van der Waals surface area contributed by atoms with Gasteiger partial charge in [-0.2, -0.15) is 0 Å². The maximum absolute atomic E-state index is 12.9. The Morgan fingerprint density at radius 3 is 2.41 bits per heavy atom. The second-order valence-corrected chi connectivity index (χ2v) is 9.33. The summed E-state index contributed by atoms with van der Waals surface area (Å²) in [4.78, 5) is 17.2. The molecule has 1 N–H and O–H groups in total. The Morgan fingerprint density at radius 2 is 1.79 bits per heavy atom. The average molecular weight is 429 g/mol. The van der Waals surface area contributed by atoms with E-state index in [1.807, 2.05) is 41.2 Å². The van der Waals surface area contributed by atoms with E-state index in [9.17, 15) is 13.2 Å². The summed E-state index contributed by atoms with van der Waals surface area (Å²) >= 11 is 1.46. The molecule has 0 aliphatic carbocycles. The molecule has 0 saturated carbocycles. The zero-order valence-electron chi connectivity index (χ0n) is 15.8. The Morgan fingerprint density at radius 1 is 1.07 bits per heavy atom. The third kappa shape index (κ3) is 3.88. The molecular weight excluding hydrogens is 408 g/mol. The van der Waals surface area contributed by atoms with E-state index in [-0.39, 0.29) is 11.7 Å². The summed E-state index contributed by atoms with van der Waals surface area (Å²) in [6.45, 7) is 0.488. The third-order valence-electron chi connectivity index (χ3n) is 4.67. The molecule has 4 rings (SSSR count). The molecule has 0 spiro atoms. The van der Waals surface area contributed by atoms with Crippen LogP contribution in [0, 0.1) is 0 Å². The number of sulfonamides is 1. The number of nitrogens with one attached hydrogen (secondary N) is 1. The van der Waals surface area contributed by atoms with Gasteiger partial charge in [0.1, 0.15) is 5.69 Å². The molecule has 1 amide bonds. The highest BCUT2D eigenvalue weighted by molar-refractivity contribution is 7.98. The molecule has 2 aromatic carbocycles. The second-order valence-electron chi connectivity index (χ2n) is 6.54. The summed E-state index contributed by atoms with van der Waals surface area (Å²) in [7, 11) is -3.22. The minimum absolute atomic E-state index is 0.173. The number of rotatable bonds is 5. The molecule has 0 bridgehead atoms. The lowest BCUT2D eigenvalue weighted by molar-refractivity contribution is 0.102. The summed E-state index contributed by atoms with van der Waals surface area (Å²) in [5, 5.41) is 3.59. The van der Waals surface area contributed by atoms with Crippen molar-refractivity contribution >= 4 is 39.1 Å². The number of carbonyl (C=O) groups excluding carboxylic acids is 1. The van der Waals surface area contributed by atoms with Gasteiger partial charge in [0.2, 0.25) is 10.0 Å². The topological polar surface area (TPSA) is 84.3 Å². The predicted octanol–water partition coefficient (Wildman–Crippen LogP) is 3.39. The molecule has 0 atom stereocenters. The molecule has 0 radical (unpaired) electrons. The molecule has 1 aliphatic rings. The molecule has 1 aliphatic heterocycles. The highest BCUT2D eigenvalue weighted by Crippen LogP contribution is 2.26. The number of aromatic nitrogens is 2. The maximum Gasteiger partial charge on any atom is 0.274 e. The molecule has 2 heterocycles. The van der Waals surface area contributed by atoms with E-state index >= 15 is 0 Å². The van der Waals surface area contributed by atoms with E-state index in [0.29, 0.717) is 30.0 Å². The molecule has 0 unspecified atom stereocenters. The summed E-state index contributed by atoms with van der Waals surface area (Å²) in [5.41, 5.74) is 2.47. The fraction of sp³-hybridized carbons (Fsp3) is 0.200. The van der Waals surface area contributed by atoms with Gasteiger partial charge >= 0.3 is 0 Å². The van der Waals surface area contributed by atoms with Crippen LogP contribution in [0.25, 0.3) is 5.69 Å². The van der Waals surface area contributed by atoms with Crippen LogP contribution in [0.5, 0.6) is 0 Å². The molecule has 1 saturated heterocycles. The van der Waals surface area contributed by atoms with Crippen molar-refractivity contribution < 1.29 is 13.2 Å². The number of hydrogen-bond donors (Lipinski definition) is 1. The van der Waals surface area contributed by atoms with Crippen LogP contribution in [-0.4, -0.2) is 42.4 Å². The Kier molecular flexibility index (Phi) is 5.33. The van der Waals surface area contributed by atoms with E-state index < -0.39 is 10.0 Å². The number of imidazole rings is 1. The number of benzene rings is 2. The molecule has 7 nitrogen and oxygen atoms in total. The zero-order valence-corrected chi connectivity index (χ0v) is 17.4. The fourth-order valence-electron chi connectivity index (χ4n) is 3.30. The lowest BCUT2D eigenvalue weighted by Gasteiger charge is -2.17. The van der Waals surface area contributed by atoms with Crippen molar-refractivity contribution in [2.75, 3.05) is 28.2 Å². The maximum atomic E-state index is 12.9. The Labute approximate surface area is 173 Å². The highest BCUT2D eigenvalue weighted by Gasteiger charge is 2.28. The van der Waals surface area contributed by atoms with Crippen molar-refractivity contribution in [1.29, 1.82) is 0 Å². The molecule has 9 heteroatoms. The van der Waals surface area contributed by atoms with Crippen LogP contribution in [-0.2, 0) is 10.0 Å². The number of para-hydroxylation sites is 1. The first-order chi connectivity index (χ1) is 14.0. The quantitative estimate of drug-likeness (QED) is 0.630. The van der Waals surface area contributed by atoms with E-state index in [1.165, 1.54) is 16.1 Å². The number of amides is 1. The lowest BCUT2D eigenvalue weighted by atomic mass is 10.2. The van der Waals surface area contributed by atoms with Crippen molar-refractivity contribution in [2.45, 2.75) is 11.6 Å². The van der Waals surface area contributed by atoms with Gasteiger partial charge in [0.15, 0.2) is 5.16 Å². The molecule has 1 aromatic heterocycles. The van der Waals surface area contributed by atoms with Gasteiger partial charge in [-0.3, -0.25) is 13.7 Å². The largest absolute Gasteiger partial charge is 0.321 e. The van der Waals surface area contributed by atoms with Gasteiger partial charge in [-0.1, -0.05) is 30.0 Å². The smallest absolute Gasteiger partial charge is 0.274 e. The van der Waals surface area contributed by atoms with Crippen molar-refractivity contribution in [2.24, 2.45) is 0 Å². The van der Waals surface area contributed by atoms with Crippen LogP contribution in [0.1, 0.15) is 16.9 Å². The van der Waals surface area contributed by atoms with E-state index in [2.05, 4.69) is 10.3 Å². The first-order valence-electron chi connectivity index (χ1n) is 9.08. The zero-order chi connectivity index (χ0) is 20.4. The van der Waals surface area contributed by atoms with E-state index in [4.69, 9.17) is 0 Å². The summed E-state index contributed by atoms with van der Waals surface area (Å²) in [6.07, 6.45) is 4.09. The highest BCUT2D eigenvalue weighted by atomic mass is 32.2. The van der Waals surface area contributed by atoms with Crippen molar-refractivity contribution in [3.63, 3.8) is 0 Å². The number of carbonyl (C=O) groups is 1. The first-order valence-corrected chi connectivity index (χ1v) is 11.9. The van der Waals surface area contributed by atoms with Gasteiger partial charge in [-0.15, -0.1) is 0 Å². The summed E-state index contributed by atoms with van der Waals surface area (Å²) in [6, 6.07) is 16.4. The van der Waals surface area contributed by atoms with Crippen LogP contribution >= 0.6 is 11.8 Å². The number of nitrogens with zero attached hydrogens (tertiary/aromatic N) is 3. The van der Waals surface area contributed by atoms with Gasteiger partial charge in [0.25, 0.3) is 5.91 Å². The van der Waals surface area contributed by atoms with Crippen LogP contribution in [0.3, 0.4) is 0 Å². The molecule has 150 valence electrons. The minimum atomic E-state index is -3.22. The van der Waals surface area contributed by atoms with E-state index in [0.717, 1.165) is 10.8 Å². The number of anilines is 2. The van der Waals surface area contributed by atoms with Crippen molar-refractivity contribution in [1.82, 2.24) is 9.55 Å². The molecular formula is C20H20N4O3S2. The minimum Gasteiger partial charge on any atom is -0.321 e. The Bertz CT molecular complexity index is 1130. The van der Waals surface area contributed by atoms with Gasteiger partial charge in [0, 0.05) is 17.9 Å². The normalized spacial score (nSPS) is 15.4. The van der Waals surface area contributed by atoms with Gasteiger partial charge < -0.3 is 5.32 Å². The van der Waals surface area contributed by atoms with Gasteiger partial charge in [-0.05, 0) is 49.1 Å². The van der Waals surface area contributed by atoms with E-state index in [1.54, 1.807) is 30.5 Å².